The molecule has 0 bridgehead atoms. The van der Waals surface area contributed by atoms with Gasteiger partial charge in [-0.15, -0.1) is 0 Å². The van der Waals surface area contributed by atoms with Crippen LogP contribution in [0, 0.1) is 11.6 Å². The summed E-state index contributed by atoms with van der Waals surface area (Å²) in [5, 5.41) is 11.6. The Kier molecular flexibility index (Phi) is 3.59. The third-order valence-electron chi connectivity index (χ3n) is 2.42. The van der Waals surface area contributed by atoms with Crippen molar-refractivity contribution >= 4 is 5.97 Å². The summed E-state index contributed by atoms with van der Waals surface area (Å²) in [7, 11) is 0. The molecule has 0 spiro atoms. The summed E-state index contributed by atoms with van der Waals surface area (Å²) in [6.45, 7) is 3.19. The van der Waals surface area contributed by atoms with Crippen LogP contribution in [-0.2, 0) is 10.3 Å². The highest BCUT2D eigenvalue weighted by Crippen LogP contribution is 2.26. The first-order valence-corrected chi connectivity index (χ1v) is 4.86. The molecule has 0 aliphatic rings. The Bertz CT molecular complexity index is 389. The van der Waals surface area contributed by atoms with Crippen molar-refractivity contribution in [1.29, 1.82) is 0 Å². The maximum atomic E-state index is 13.5. The van der Waals surface area contributed by atoms with E-state index in [0.29, 0.717) is 0 Å². The van der Waals surface area contributed by atoms with E-state index in [2.05, 4.69) is 5.32 Å². The highest BCUT2D eigenvalue weighted by atomic mass is 19.1. The Morgan fingerprint density at radius 3 is 2.31 bits per heavy atom. The number of likely N-dealkylation sites (N-methyl/N-ethyl adjacent to an activating group) is 1. The molecule has 0 radical (unpaired) electrons. The highest BCUT2D eigenvalue weighted by molar-refractivity contribution is 5.80. The van der Waals surface area contributed by atoms with Crippen LogP contribution >= 0.6 is 0 Å². The number of aliphatic carboxylic acids is 1. The first-order valence-electron chi connectivity index (χ1n) is 4.86. The van der Waals surface area contributed by atoms with Crippen molar-refractivity contribution < 1.29 is 18.7 Å². The fraction of sp³-hybridized carbons (Fsp3) is 0.364. The summed E-state index contributed by atoms with van der Waals surface area (Å²) in [6, 6.07) is 3.27. The first kappa shape index (κ1) is 12.6. The van der Waals surface area contributed by atoms with E-state index in [1.165, 1.54) is 13.0 Å². The molecule has 0 saturated heterocycles. The minimum absolute atomic E-state index is 0.288. The van der Waals surface area contributed by atoms with Crippen molar-refractivity contribution in [2.24, 2.45) is 0 Å². The van der Waals surface area contributed by atoms with Gasteiger partial charge in [-0.25, -0.2) is 13.6 Å². The second-order valence-corrected chi connectivity index (χ2v) is 3.56. The van der Waals surface area contributed by atoms with Gasteiger partial charge in [0.2, 0.25) is 0 Å². The van der Waals surface area contributed by atoms with Gasteiger partial charge in [0, 0.05) is 0 Å². The normalized spacial score (nSPS) is 14.5. The average Bonchev–Trinajstić information content (AvgIpc) is 2.17. The fourth-order valence-electron chi connectivity index (χ4n) is 1.60. The van der Waals surface area contributed by atoms with Gasteiger partial charge in [-0.2, -0.15) is 0 Å². The molecule has 0 fully saturated rings. The van der Waals surface area contributed by atoms with E-state index in [0.717, 1.165) is 12.1 Å². The number of rotatable bonds is 4. The maximum absolute atomic E-state index is 13.5. The van der Waals surface area contributed by atoms with Crippen LogP contribution in [-0.4, -0.2) is 17.6 Å². The van der Waals surface area contributed by atoms with Crippen molar-refractivity contribution in [3.8, 4) is 0 Å². The van der Waals surface area contributed by atoms with Gasteiger partial charge in [-0.1, -0.05) is 13.0 Å². The number of carbonyl (C=O) groups is 1. The molecule has 1 unspecified atom stereocenters. The Hall–Kier alpha value is -1.49. The van der Waals surface area contributed by atoms with Crippen LogP contribution in [0.15, 0.2) is 18.2 Å². The standard InChI is InChI=1S/C11H13F2NO2/c1-3-14-11(2,10(15)16)9-7(12)5-4-6-8(9)13/h4-6,14H,3H2,1-2H3,(H,15,16). The van der Waals surface area contributed by atoms with Gasteiger partial charge in [0.15, 0.2) is 0 Å². The molecule has 1 rings (SSSR count). The van der Waals surface area contributed by atoms with Gasteiger partial charge in [0.1, 0.15) is 17.2 Å². The Morgan fingerprint density at radius 1 is 1.44 bits per heavy atom. The lowest BCUT2D eigenvalue weighted by Gasteiger charge is -2.26. The quantitative estimate of drug-likeness (QED) is 0.828. The summed E-state index contributed by atoms with van der Waals surface area (Å²) < 4.78 is 27.0. The minimum atomic E-state index is -1.76. The molecular weight excluding hydrogens is 216 g/mol. The molecule has 0 heterocycles. The summed E-state index contributed by atoms with van der Waals surface area (Å²) in [5.74, 6) is -3.06. The van der Waals surface area contributed by atoms with Crippen molar-refractivity contribution in [2.45, 2.75) is 19.4 Å². The zero-order valence-electron chi connectivity index (χ0n) is 9.05. The third kappa shape index (κ3) is 2.04. The second-order valence-electron chi connectivity index (χ2n) is 3.56. The van der Waals surface area contributed by atoms with Crippen molar-refractivity contribution in [1.82, 2.24) is 5.32 Å². The van der Waals surface area contributed by atoms with Crippen LogP contribution in [0.5, 0.6) is 0 Å². The Labute approximate surface area is 92.1 Å². The van der Waals surface area contributed by atoms with Crippen LogP contribution in [0.2, 0.25) is 0 Å². The summed E-state index contributed by atoms with van der Waals surface area (Å²) in [6.07, 6.45) is 0. The molecule has 0 saturated carbocycles. The van der Waals surface area contributed by atoms with Crippen LogP contribution in [0.25, 0.3) is 0 Å². The molecule has 0 aromatic heterocycles. The van der Waals surface area contributed by atoms with Gasteiger partial charge in [0.05, 0.1) is 5.56 Å². The van der Waals surface area contributed by atoms with E-state index < -0.39 is 28.7 Å². The van der Waals surface area contributed by atoms with Crippen LogP contribution < -0.4 is 5.32 Å². The molecule has 1 aromatic rings. The average molecular weight is 229 g/mol. The third-order valence-corrected chi connectivity index (χ3v) is 2.42. The second kappa shape index (κ2) is 4.57. The summed E-state index contributed by atoms with van der Waals surface area (Å²) in [5.41, 5.74) is -2.23. The predicted molar refractivity (Wildman–Crippen MR) is 55.0 cm³/mol. The lowest BCUT2D eigenvalue weighted by molar-refractivity contribution is -0.144. The van der Waals surface area contributed by atoms with Gasteiger partial charge in [0.25, 0.3) is 0 Å². The summed E-state index contributed by atoms with van der Waals surface area (Å²) in [4.78, 5) is 11.1. The predicted octanol–water partition coefficient (Wildman–Crippen LogP) is 1.87. The molecular formula is C11H13F2NO2. The monoisotopic (exact) mass is 229 g/mol. The van der Waals surface area contributed by atoms with E-state index in [1.54, 1.807) is 6.92 Å². The lowest BCUT2D eigenvalue weighted by Crippen LogP contribution is -2.47. The molecule has 0 aliphatic heterocycles. The first-order chi connectivity index (χ1) is 7.43. The van der Waals surface area contributed by atoms with Crippen LogP contribution in [0.4, 0.5) is 8.78 Å². The van der Waals surface area contributed by atoms with E-state index >= 15 is 0 Å². The maximum Gasteiger partial charge on any atom is 0.328 e. The van der Waals surface area contributed by atoms with Gasteiger partial charge >= 0.3 is 5.97 Å². The molecule has 1 aromatic carbocycles. The molecule has 3 nitrogen and oxygen atoms in total. The number of carboxylic acids is 1. The number of hydrogen-bond donors (Lipinski definition) is 2. The van der Waals surface area contributed by atoms with E-state index in [4.69, 9.17) is 5.11 Å². The zero-order chi connectivity index (χ0) is 12.3. The van der Waals surface area contributed by atoms with E-state index in [1.807, 2.05) is 0 Å². The van der Waals surface area contributed by atoms with Crippen molar-refractivity contribution in [3.63, 3.8) is 0 Å². The molecule has 5 heteroatoms. The molecule has 0 amide bonds. The summed E-state index contributed by atoms with van der Waals surface area (Å²) >= 11 is 0. The van der Waals surface area contributed by atoms with Crippen molar-refractivity contribution in [3.05, 3.63) is 35.4 Å². The van der Waals surface area contributed by atoms with Gasteiger partial charge in [-0.05, 0) is 25.6 Å². The molecule has 1 atom stereocenters. The lowest BCUT2D eigenvalue weighted by atomic mass is 9.91. The van der Waals surface area contributed by atoms with E-state index in [-0.39, 0.29) is 6.54 Å². The molecule has 0 aliphatic carbocycles. The molecule has 88 valence electrons. The molecule has 2 N–H and O–H groups in total. The van der Waals surface area contributed by atoms with Crippen LogP contribution in [0.1, 0.15) is 19.4 Å². The number of benzene rings is 1. The Balaban J connectivity index is 3.37. The highest BCUT2D eigenvalue weighted by Gasteiger charge is 2.39. The SMILES string of the molecule is CCNC(C)(C(=O)O)c1c(F)cccc1F. The number of halogens is 2. The van der Waals surface area contributed by atoms with Gasteiger partial charge < -0.3 is 5.11 Å². The zero-order valence-corrected chi connectivity index (χ0v) is 9.05. The molecule has 16 heavy (non-hydrogen) atoms. The minimum Gasteiger partial charge on any atom is -0.480 e. The van der Waals surface area contributed by atoms with E-state index in [9.17, 15) is 13.6 Å². The largest absolute Gasteiger partial charge is 0.480 e. The van der Waals surface area contributed by atoms with Crippen molar-refractivity contribution in [2.75, 3.05) is 6.54 Å². The Morgan fingerprint density at radius 2 is 1.94 bits per heavy atom. The number of nitrogens with one attached hydrogen (secondary N) is 1. The van der Waals surface area contributed by atoms with Crippen LogP contribution in [0.3, 0.4) is 0 Å². The fourth-order valence-corrected chi connectivity index (χ4v) is 1.60. The smallest absolute Gasteiger partial charge is 0.328 e. The van der Waals surface area contributed by atoms with Gasteiger partial charge in [-0.3, -0.25) is 5.32 Å². The number of carboxylic acid groups (broad SMARTS) is 1. The topological polar surface area (TPSA) is 49.3 Å². The number of hydrogen-bond acceptors (Lipinski definition) is 2.